The molecule has 0 aromatic rings. The van der Waals surface area contributed by atoms with Crippen LogP contribution in [0.15, 0.2) is 0 Å². The number of hydrogen-bond donors (Lipinski definition) is 1. The van der Waals surface area contributed by atoms with E-state index in [1.807, 2.05) is 0 Å². The molecule has 1 N–H and O–H groups in total. The van der Waals surface area contributed by atoms with E-state index in [1.165, 1.54) is 32.1 Å². The van der Waals surface area contributed by atoms with Crippen LogP contribution in [0, 0.1) is 0 Å². The number of methoxy groups -OCH3 is 2. The van der Waals surface area contributed by atoms with Crippen LogP contribution in [0.1, 0.15) is 32.1 Å². The zero-order valence-corrected chi connectivity index (χ0v) is 11.4. The third-order valence-corrected chi connectivity index (χ3v) is 3.43. The van der Waals surface area contributed by atoms with Crippen LogP contribution in [0.5, 0.6) is 0 Å². The molecule has 1 fully saturated rings. The zero-order chi connectivity index (χ0) is 12.3. The fraction of sp³-hybridized carbons (Fsp3) is 1.00. The largest absolute Gasteiger partial charge is 0.383 e. The molecule has 0 aromatic carbocycles. The Morgan fingerprint density at radius 2 is 1.59 bits per heavy atom. The minimum atomic E-state index is 0.719. The predicted molar refractivity (Wildman–Crippen MR) is 70.2 cm³/mol. The topological polar surface area (TPSA) is 33.7 Å². The zero-order valence-electron chi connectivity index (χ0n) is 11.4. The molecule has 4 nitrogen and oxygen atoms in total. The summed E-state index contributed by atoms with van der Waals surface area (Å²) >= 11 is 0. The third kappa shape index (κ3) is 6.99. The minimum absolute atomic E-state index is 0.719. The van der Waals surface area contributed by atoms with Crippen molar-refractivity contribution in [1.82, 2.24) is 10.2 Å². The van der Waals surface area contributed by atoms with Gasteiger partial charge in [0.2, 0.25) is 0 Å². The average Bonchev–Trinajstić information content (AvgIpc) is 2.39. The lowest BCUT2D eigenvalue weighted by atomic mass is 9.96. The van der Waals surface area contributed by atoms with Gasteiger partial charge in [-0.3, -0.25) is 4.90 Å². The summed E-state index contributed by atoms with van der Waals surface area (Å²) < 4.78 is 10.3. The van der Waals surface area contributed by atoms with Crippen LogP contribution in [-0.4, -0.2) is 58.1 Å². The van der Waals surface area contributed by atoms with Gasteiger partial charge in [-0.15, -0.1) is 0 Å². The van der Waals surface area contributed by atoms with Crippen molar-refractivity contribution >= 4 is 0 Å². The molecule has 0 bridgehead atoms. The molecule has 1 rings (SSSR count). The smallest absolute Gasteiger partial charge is 0.0590 e. The van der Waals surface area contributed by atoms with Crippen molar-refractivity contribution in [3.05, 3.63) is 0 Å². The number of nitrogens with one attached hydrogen (secondary N) is 1. The fourth-order valence-electron chi connectivity index (χ4n) is 2.28. The molecule has 1 aliphatic rings. The van der Waals surface area contributed by atoms with Gasteiger partial charge in [0.15, 0.2) is 0 Å². The van der Waals surface area contributed by atoms with Gasteiger partial charge in [0, 0.05) is 40.0 Å². The molecule has 0 amide bonds. The lowest BCUT2D eigenvalue weighted by Gasteiger charge is -2.28. The van der Waals surface area contributed by atoms with Gasteiger partial charge >= 0.3 is 0 Å². The monoisotopic (exact) mass is 244 g/mol. The Morgan fingerprint density at radius 1 is 1.00 bits per heavy atom. The Kier molecular flexibility index (Phi) is 8.61. The van der Waals surface area contributed by atoms with Gasteiger partial charge in [-0.1, -0.05) is 19.3 Å². The van der Waals surface area contributed by atoms with Gasteiger partial charge in [0.05, 0.1) is 13.2 Å². The molecule has 17 heavy (non-hydrogen) atoms. The number of rotatable bonds is 9. The van der Waals surface area contributed by atoms with Crippen LogP contribution in [0.25, 0.3) is 0 Å². The molecule has 0 radical (unpaired) electrons. The number of ether oxygens (including phenoxy) is 2. The van der Waals surface area contributed by atoms with Crippen molar-refractivity contribution in [1.29, 1.82) is 0 Å². The van der Waals surface area contributed by atoms with Crippen molar-refractivity contribution in [2.24, 2.45) is 0 Å². The van der Waals surface area contributed by atoms with Gasteiger partial charge in [-0.2, -0.15) is 0 Å². The van der Waals surface area contributed by atoms with Crippen LogP contribution in [0.3, 0.4) is 0 Å². The molecule has 0 atom stereocenters. The maximum Gasteiger partial charge on any atom is 0.0590 e. The highest BCUT2D eigenvalue weighted by Gasteiger charge is 2.13. The third-order valence-electron chi connectivity index (χ3n) is 3.43. The highest BCUT2D eigenvalue weighted by atomic mass is 16.5. The SMILES string of the molecule is COCCN(CCOC)CNC1CCCCC1. The second-order valence-corrected chi connectivity index (χ2v) is 4.80. The Morgan fingerprint density at radius 3 is 2.12 bits per heavy atom. The summed E-state index contributed by atoms with van der Waals surface area (Å²) in [5, 5.41) is 3.65. The van der Waals surface area contributed by atoms with Crippen molar-refractivity contribution in [2.45, 2.75) is 38.1 Å². The summed E-state index contributed by atoms with van der Waals surface area (Å²) in [4.78, 5) is 2.36. The molecule has 1 saturated carbocycles. The normalized spacial score (nSPS) is 17.8. The summed E-state index contributed by atoms with van der Waals surface area (Å²) in [6, 6.07) is 0.719. The van der Waals surface area contributed by atoms with E-state index in [0.29, 0.717) is 0 Å². The molecule has 1 aliphatic carbocycles. The van der Waals surface area contributed by atoms with Gasteiger partial charge in [0.1, 0.15) is 0 Å². The molecule has 0 unspecified atom stereocenters. The van der Waals surface area contributed by atoms with Crippen LogP contribution in [0.2, 0.25) is 0 Å². The second-order valence-electron chi connectivity index (χ2n) is 4.80. The average molecular weight is 244 g/mol. The molecule has 0 spiro atoms. The number of nitrogens with zero attached hydrogens (tertiary/aromatic N) is 1. The van der Waals surface area contributed by atoms with E-state index in [2.05, 4.69) is 10.2 Å². The van der Waals surface area contributed by atoms with Crippen LogP contribution in [-0.2, 0) is 9.47 Å². The fourth-order valence-corrected chi connectivity index (χ4v) is 2.28. The lowest BCUT2D eigenvalue weighted by molar-refractivity contribution is 0.105. The van der Waals surface area contributed by atoms with E-state index in [4.69, 9.17) is 9.47 Å². The maximum atomic E-state index is 5.13. The quantitative estimate of drug-likeness (QED) is 0.623. The van der Waals surface area contributed by atoms with E-state index >= 15 is 0 Å². The first-order valence-corrected chi connectivity index (χ1v) is 6.80. The van der Waals surface area contributed by atoms with Crippen molar-refractivity contribution in [2.75, 3.05) is 47.2 Å². The van der Waals surface area contributed by atoms with Crippen molar-refractivity contribution in [3.63, 3.8) is 0 Å². The lowest BCUT2D eigenvalue weighted by Crippen LogP contribution is -2.43. The maximum absolute atomic E-state index is 5.13. The van der Waals surface area contributed by atoms with E-state index < -0.39 is 0 Å². The standard InChI is InChI=1S/C13H28N2O2/c1-16-10-8-15(9-11-17-2)12-14-13-6-4-3-5-7-13/h13-14H,3-12H2,1-2H3. The molecule has 0 heterocycles. The highest BCUT2D eigenvalue weighted by molar-refractivity contribution is 4.72. The van der Waals surface area contributed by atoms with E-state index in [1.54, 1.807) is 14.2 Å². The summed E-state index contributed by atoms with van der Waals surface area (Å²) in [5.41, 5.74) is 0. The highest BCUT2D eigenvalue weighted by Crippen LogP contribution is 2.17. The Hall–Kier alpha value is -0.160. The van der Waals surface area contributed by atoms with Gasteiger partial charge in [0.25, 0.3) is 0 Å². The summed E-state index contributed by atoms with van der Waals surface area (Å²) in [7, 11) is 3.51. The summed E-state index contributed by atoms with van der Waals surface area (Å²) in [6.07, 6.45) is 6.85. The molecule has 102 valence electrons. The van der Waals surface area contributed by atoms with Crippen molar-refractivity contribution in [3.8, 4) is 0 Å². The molecule has 0 aliphatic heterocycles. The van der Waals surface area contributed by atoms with Crippen LogP contribution in [0.4, 0.5) is 0 Å². The molecule has 0 aromatic heterocycles. The van der Waals surface area contributed by atoms with Crippen LogP contribution >= 0.6 is 0 Å². The van der Waals surface area contributed by atoms with Crippen LogP contribution < -0.4 is 5.32 Å². The second kappa shape index (κ2) is 9.83. The van der Waals surface area contributed by atoms with E-state index in [0.717, 1.165) is 39.0 Å². The molecular formula is C13H28N2O2. The van der Waals surface area contributed by atoms with Crippen molar-refractivity contribution < 1.29 is 9.47 Å². The van der Waals surface area contributed by atoms with Gasteiger partial charge < -0.3 is 14.8 Å². The molecule has 4 heteroatoms. The predicted octanol–water partition coefficient (Wildman–Crippen LogP) is 1.46. The van der Waals surface area contributed by atoms with Gasteiger partial charge in [-0.05, 0) is 12.8 Å². The molecule has 0 saturated heterocycles. The molecular weight excluding hydrogens is 216 g/mol. The Bertz CT molecular complexity index is 165. The van der Waals surface area contributed by atoms with E-state index in [-0.39, 0.29) is 0 Å². The first-order valence-electron chi connectivity index (χ1n) is 6.80. The Labute approximate surface area is 106 Å². The summed E-state index contributed by atoms with van der Waals surface area (Å²) in [5.74, 6) is 0. The minimum Gasteiger partial charge on any atom is -0.383 e. The van der Waals surface area contributed by atoms with Gasteiger partial charge in [-0.25, -0.2) is 0 Å². The summed E-state index contributed by atoms with van der Waals surface area (Å²) in [6.45, 7) is 4.47. The van der Waals surface area contributed by atoms with E-state index in [9.17, 15) is 0 Å². The number of hydrogen-bond acceptors (Lipinski definition) is 4. The first kappa shape index (κ1) is 14.9. The Balaban J connectivity index is 2.16. The first-order chi connectivity index (χ1) is 8.36.